The largest absolute Gasteiger partial charge is 0.357 e. The van der Waals surface area contributed by atoms with Crippen LogP contribution in [0.25, 0.3) is 16.7 Å². The number of aromatic nitrogens is 4. The Balaban J connectivity index is 1.88. The minimum Gasteiger partial charge on any atom is -0.357 e. The van der Waals surface area contributed by atoms with Gasteiger partial charge in [-0.2, -0.15) is 15.3 Å². The van der Waals surface area contributed by atoms with Crippen molar-refractivity contribution in [3.8, 4) is 11.9 Å². The molecular formula is C18H18N6. The molecule has 0 spiro atoms. The van der Waals surface area contributed by atoms with Crippen LogP contribution in [-0.4, -0.2) is 26.8 Å². The Kier molecular flexibility index (Phi) is 3.24. The van der Waals surface area contributed by atoms with Gasteiger partial charge in [0.05, 0.1) is 23.2 Å². The summed E-state index contributed by atoms with van der Waals surface area (Å²) in [6.45, 7) is 1.93. The van der Waals surface area contributed by atoms with E-state index >= 15 is 0 Å². The Morgan fingerprint density at radius 1 is 1.25 bits per heavy atom. The number of hydrogen-bond donors (Lipinski definition) is 1. The van der Waals surface area contributed by atoms with Gasteiger partial charge in [-0.25, -0.2) is 9.67 Å². The van der Waals surface area contributed by atoms with E-state index in [0.717, 1.165) is 47.2 Å². The molecule has 0 unspecified atom stereocenters. The third-order valence-electron chi connectivity index (χ3n) is 4.83. The highest BCUT2D eigenvalue weighted by Gasteiger charge is 2.39. The molecular weight excluding hydrogens is 300 g/mol. The van der Waals surface area contributed by atoms with Crippen molar-refractivity contribution >= 4 is 16.9 Å². The van der Waals surface area contributed by atoms with E-state index in [9.17, 15) is 5.26 Å². The molecule has 0 radical (unpaired) electrons. The standard InChI is InChI=1S/C18H18N6/c1-12-8-16(23-17(20-2)22-12)24-15-9-14(5-4-13(15)10-21-24)18(11-19)6-3-7-18/h4-5,8-10H,3,6-7H2,1-2H3,(H,20,22,23). The molecule has 4 rings (SSSR count). The fourth-order valence-electron chi connectivity index (χ4n) is 3.27. The first-order valence-electron chi connectivity index (χ1n) is 8.08. The Bertz CT molecular complexity index is 961. The number of benzene rings is 1. The predicted octanol–water partition coefficient (Wildman–Crippen LogP) is 3.11. The SMILES string of the molecule is CNc1nc(C)cc(-n2ncc3ccc(C4(C#N)CCC4)cc32)n1. The minimum atomic E-state index is -0.332. The first-order chi connectivity index (χ1) is 11.6. The van der Waals surface area contributed by atoms with Crippen molar-refractivity contribution in [3.63, 3.8) is 0 Å². The van der Waals surface area contributed by atoms with Crippen molar-refractivity contribution in [3.05, 3.63) is 41.7 Å². The summed E-state index contributed by atoms with van der Waals surface area (Å²) < 4.78 is 1.82. The maximum atomic E-state index is 9.60. The number of nitrogens with zero attached hydrogens (tertiary/aromatic N) is 5. The summed E-state index contributed by atoms with van der Waals surface area (Å²) in [5.41, 5.74) is 2.58. The Morgan fingerprint density at radius 3 is 2.75 bits per heavy atom. The zero-order valence-electron chi connectivity index (χ0n) is 13.7. The first-order valence-corrected chi connectivity index (χ1v) is 8.08. The van der Waals surface area contributed by atoms with Crippen LogP contribution in [0.2, 0.25) is 0 Å². The third-order valence-corrected chi connectivity index (χ3v) is 4.83. The van der Waals surface area contributed by atoms with Crippen LogP contribution in [0, 0.1) is 18.3 Å². The van der Waals surface area contributed by atoms with Crippen molar-refractivity contribution in [2.45, 2.75) is 31.6 Å². The topological polar surface area (TPSA) is 79.4 Å². The number of fused-ring (bicyclic) bond motifs is 1. The van der Waals surface area contributed by atoms with Gasteiger partial charge in [0.15, 0.2) is 5.82 Å². The molecule has 6 nitrogen and oxygen atoms in total. The average molecular weight is 318 g/mol. The molecule has 1 fully saturated rings. The number of hydrogen-bond acceptors (Lipinski definition) is 5. The number of nitrogens with one attached hydrogen (secondary N) is 1. The molecule has 3 aromatic rings. The molecule has 120 valence electrons. The summed E-state index contributed by atoms with van der Waals surface area (Å²) in [5, 5.41) is 18.1. The van der Waals surface area contributed by atoms with E-state index in [1.54, 1.807) is 7.05 Å². The van der Waals surface area contributed by atoms with Gasteiger partial charge in [-0.3, -0.25) is 0 Å². The number of rotatable bonds is 3. The van der Waals surface area contributed by atoms with Gasteiger partial charge in [0.1, 0.15) is 0 Å². The Hall–Kier alpha value is -2.94. The van der Waals surface area contributed by atoms with E-state index < -0.39 is 0 Å². The van der Waals surface area contributed by atoms with Crippen LogP contribution in [0.4, 0.5) is 5.95 Å². The van der Waals surface area contributed by atoms with Gasteiger partial charge in [-0.1, -0.05) is 12.1 Å². The van der Waals surface area contributed by atoms with Gasteiger partial charge in [-0.15, -0.1) is 0 Å². The molecule has 0 aliphatic heterocycles. The predicted molar refractivity (Wildman–Crippen MR) is 92.1 cm³/mol. The van der Waals surface area contributed by atoms with Crippen molar-refractivity contribution in [2.75, 3.05) is 12.4 Å². The summed E-state index contributed by atoms with van der Waals surface area (Å²) in [7, 11) is 1.80. The second-order valence-corrected chi connectivity index (χ2v) is 6.32. The maximum absolute atomic E-state index is 9.60. The van der Waals surface area contributed by atoms with Crippen LogP contribution < -0.4 is 5.32 Å². The summed E-state index contributed by atoms with van der Waals surface area (Å²) in [5.74, 6) is 1.29. The summed E-state index contributed by atoms with van der Waals surface area (Å²) in [6, 6.07) is 10.6. The second-order valence-electron chi connectivity index (χ2n) is 6.32. The highest BCUT2D eigenvalue weighted by molar-refractivity contribution is 5.81. The number of aryl methyl sites for hydroxylation is 1. The van der Waals surface area contributed by atoms with E-state index in [-0.39, 0.29) is 5.41 Å². The van der Waals surface area contributed by atoms with Gasteiger partial charge < -0.3 is 5.32 Å². The second kappa shape index (κ2) is 5.31. The van der Waals surface area contributed by atoms with Crippen LogP contribution >= 0.6 is 0 Å². The lowest BCUT2D eigenvalue weighted by Crippen LogP contribution is -2.32. The van der Waals surface area contributed by atoms with Gasteiger partial charge in [0.2, 0.25) is 5.95 Å². The van der Waals surface area contributed by atoms with Crippen molar-refractivity contribution < 1.29 is 0 Å². The van der Waals surface area contributed by atoms with Gasteiger partial charge in [-0.05, 0) is 37.8 Å². The lowest BCUT2D eigenvalue weighted by molar-refractivity contribution is 0.324. The van der Waals surface area contributed by atoms with E-state index in [0.29, 0.717) is 5.95 Å². The molecule has 1 saturated carbocycles. The van der Waals surface area contributed by atoms with Crippen molar-refractivity contribution in [1.82, 2.24) is 19.7 Å². The summed E-state index contributed by atoms with van der Waals surface area (Å²) >= 11 is 0. The molecule has 6 heteroatoms. The molecule has 0 atom stereocenters. The van der Waals surface area contributed by atoms with Crippen LogP contribution in [-0.2, 0) is 5.41 Å². The van der Waals surface area contributed by atoms with Crippen molar-refractivity contribution in [1.29, 1.82) is 5.26 Å². The normalized spacial score (nSPS) is 15.7. The van der Waals surface area contributed by atoms with Crippen LogP contribution in [0.5, 0.6) is 0 Å². The number of nitriles is 1. The molecule has 1 aliphatic carbocycles. The van der Waals surface area contributed by atoms with Crippen LogP contribution in [0.15, 0.2) is 30.5 Å². The molecule has 0 bridgehead atoms. The maximum Gasteiger partial charge on any atom is 0.224 e. The monoisotopic (exact) mass is 318 g/mol. The van der Waals surface area contributed by atoms with Gasteiger partial charge in [0, 0.05) is 24.2 Å². The highest BCUT2D eigenvalue weighted by atomic mass is 15.3. The summed E-state index contributed by atoms with van der Waals surface area (Å²) in [6.07, 6.45) is 4.80. The molecule has 1 N–H and O–H groups in total. The lowest BCUT2D eigenvalue weighted by atomic mass is 9.65. The smallest absolute Gasteiger partial charge is 0.224 e. The van der Waals surface area contributed by atoms with E-state index in [1.807, 2.05) is 29.9 Å². The highest BCUT2D eigenvalue weighted by Crippen LogP contribution is 2.43. The van der Waals surface area contributed by atoms with Gasteiger partial charge >= 0.3 is 0 Å². The molecule has 0 amide bonds. The fraction of sp³-hybridized carbons (Fsp3) is 0.333. The summed E-state index contributed by atoms with van der Waals surface area (Å²) in [4.78, 5) is 8.83. The van der Waals surface area contributed by atoms with Crippen LogP contribution in [0.3, 0.4) is 0 Å². The number of anilines is 1. The Morgan fingerprint density at radius 2 is 2.08 bits per heavy atom. The minimum absolute atomic E-state index is 0.332. The van der Waals surface area contributed by atoms with Gasteiger partial charge in [0.25, 0.3) is 0 Å². The Labute approximate surface area is 140 Å². The molecule has 24 heavy (non-hydrogen) atoms. The zero-order chi connectivity index (χ0) is 16.7. The molecule has 1 aliphatic rings. The molecule has 1 aromatic carbocycles. The fourth-order valence-corrected chi connectivity index (χ4v) is 3.27. The molecule has 2 heterocycles. The quantitative estimate of drug-likeness (QED) is 0.802. The van der Waals surface area contributed by atoms with Crippen LogP contribution in [0.1, 0.15) is 30.5 Å². The zero-order valence-corrected chi connectivity index (χ0v) is 13.7. The third kappa shape index (κ3) is 2.13. The van der Waals surface area contributed by atoms with Crippen molar-refractivity contribution in [2.24, 2.45) is 0 Å². The lowest BCUT2D eigenvalue weighted by Gasteiger charge is -2.35. The van der Waals surface area contributed by atoms with E-state index in [2.05, 4.69) is 38.6 Å². The van der Waals surface area contributed by atoms with E-state index in [4.69, 9.17) is 0 Å². The van der Waals surface area contributed by atoms with E-state index in [1.165, 1.54) is 0 Å². The first kappa shape index (κ1) is 14.6. The average Bonchev–Trinajstić information content (AvgIpc) is 2.97. The molecule has 2 aromatic heterocycles. The molecule has 0 saturated heterocycles.